The number of aryl methyl sites for hydroxylation is 1. The van der Waals surface area contributed by atoms with E-state index in [4.69, 9.17) is 0 Å². The predicted molar refractivity (Wildman–Crippen MR) is 56.6 cm³/mol. The first kappa shape index (κ1) is 9.22. The van der Waals surface area contributed by atoms with Gasteiger partial charge in [-0.15, -0.1) is 5.92 Å². The van der Waals surface area contributed by atoms with Gasteiger partial charge in [-0.2, -0.15) is 12.6 Å². The van der Waals surface area contributed by atoms with Gasteiger partial charge < -0.3 is 0 Å². The molecule has 62 valence electrons. The second-order valence-electron chi connectivity index (χ2n) is 2.55. The Morgan fingerprint density at radius 2 is 1.92 bits per heavy atom. The van der Waals surface area contributed by atoms with E-state index in [9.17, 15) is 0 Å². The van der Waals surface area contributed by atoms with Gasteiger partial charge in [0.1, 0.15) is 0 Å². The van der Waals surface area contributed by atoms with E-state index in [2.05, 4.69) is 48.7 Å². The highest BCUT2D eigenvalue weighted by Crippen LogP contribution is 2.04. The van der Waals surface area contributed by atoms with Gasteiger partial charge in [0.25, 0.3) is 0 Å². The lowest BCUT2D eigenvalue weighted by molar-refractivity contribution is 1.16. The van der Waals surface area contributed by atoms with Gasteiger partial charge in [0.15, 0.2) is 0 Å². The van der Waals surface area contributed by atoms with Crippen LogP contribution < -0.4 is 0 Å². The number of hydrogen-bond acceptors (Lipinski definition) is 1. The first-order chi connectivity index (χ1) is 5.86. The molecule has 0 radical (unpaired) electrons. The van der Waals surface area contributed by atoms with Crippen molar-refractivity contribution >= 4 is 12.6 Å². The largest absolute Gasteiger partial charge is 0.179 e. The minimum Gasteiger partial charge on any atom is -0.179 e. The Hall–Kier alpha value is -0.870. The Bertz CT molecular complexity index is 287. The first-order valence-corrected chi connectivity index (χ1v) is 4.62. The molecule has 0 aromatic heterocycles. The SMILES string of the molecule is CC#Cc1ccc(CCS)cc1. The fourth-order valence-electron chi connectivity index (χ4n) is 1.03. The minimum absolute atomic E-state index is 0.902. The maximum absolute atomic E-state index is 4.17. The highest BCUT2D eigenvalue weighted by Gasteiger charge is 1.90. The van der Waals surface area contributed by atoms with Crippen LogP contribution in [0.4, 0.5) is 0 Å². The molecule has 0 atom stereocenters. The Morgan fingerprint density at radius 3 is 2.42 bits per heavy atom. The lowest BCUT2D eigenvalue weighted by Crippen LogP contribution is -1.85. The zero-order valence-electron chi connectivity index (χ0n) is 7.17. The molecule has 0 saturated heterocycles. The molecule has 1 aromatic rings. The molecular formula is C11H12S. The van der Waals surface area contributed by atoms with Gasteiger partial charge >= 0.3 is 0 Å². The normalized spacial score (nSPS) is 8.83. The van der Waals surface area contributed by atoms with Crippen LogP contribution in [-0.4, -0.2) is 5.75 Å². The average molecular weight is 176 g/mol. The number of thiol groups is 1. The van der Waals surface area contributed by atoms with Gasteiger partial charge in [-0.25, -0.2) is 0 Å². The van der Waals surface area contributed by atoms with E-state index >= 15 is 0 Å². The molecule has 0 saturated carbocycles. The van der Waals surface area contributed by atoms with Crippen molar-refractivity contribution < 1.29 is 0 Å². The van der Waals surface area contributed by atoms with Crippen molar-refractivity contribution in [2.24, 2.45) is 0 Å². The van der Waals surface area contributed by atoms with Crippen LogP contribution >= 0.6 is 12.6 Å². The summed E-state index contributed by atoms with van der Waals surface area (Å²) in [5, 5.41) is 0. The summed E-state index contributed by atoms with van der Waals surface area (Å²) in [7, 11) is 0. The van der Waals surface area contributed by atoms with Crippen molar-refractivity contribution in [3.05, 3.63) is 35.4 Å². The number of rotatable bonds is 2. The van der Waals surface area contributed by atoms with Gasteiger partial charge in [-0.05, 0) is 36.8 Å². The summed E-state index contributed by atoms with van der Waals surface area (Å²) >= 11 is 4.17. The van der Waals surface area contributed by atoms with Crippen molar-refractivity contribution in [3.63, 3.8) is 0 Å². The van der Waals surface area contributed by atoms with Crippen molar-refractivity contribution in [2.45, 2.75) is 13.3 Å². The average Bonchev–Trinajstić information content (AvgIpc) is 2.09. The van der Waals surface area contributed by atoms with E-state index in [1.807, 2.05) is 6.92 Å². The summed E-state index contributed by atoms with van der Waals surface area (Å²) in [6.07, 6.45) is 1.03. The van der Waals surface area contributed by atoms with Crippen molar-refractivity contribution in [2.75, 3.05) is 5.75 Å². The van der Waals surface area contributed by atoms with Crippen LogP contribution in [0.2, 0.25) is 0 Å². The molecule has 12 heavy (non-hydrogen) atoms. The Kier molecular flexibility index (Phi) is 3.76. The smallest absolute Gasteiger partial charge is 0.0245 e. The molecule has 0 N–H and O–H groups in total. The molecule has 0 aliphatic rings. The van der Waals surface area contributed by atoms with E-state index < -0.39 is 0 Å². The van der Waals surface area contributed by atoms with Crippen LogP contribution in [0.3, 0.4) is 0 Å². The molecule has 0 fully saturated rings. The molecule has 1 aromatic carbocycles. The van der Waals surface area contributed by atoms with Crippen molar-refractivity contribution in [1.82, 2.24) is 0 Å². The summed E-state index contributed by atoms with van der Waals surface area (Å²) in [4.78, 5) is 0. The third kappa shape index (κ3) is 2.64. The predicted octanol–water partition coefficient (Wildman–Crippen LogP) is 2.53. The third-order valence-electron chi connectivity index (χ3n) is 1.62. The van der Waals surface area contributed by atoms with Crippen LogP contribution in [0.5, 0.6) is 0 Å². The van der Waals surface area contributed by atoms with Crippen LogP contribution in [0, 0.1) is 11.8 Å². The highest BCUT2D eigenvalue weighted by atomic mass is 32.1. The topological polar surface area (TPSA) is 0 Å². The van der Waals surface area contributed by atoms with Gasteiger partial charge in [-0.3, -0.25) is 0 Å². The van der Waals surface area contributed by atoms with Gasteiger partial charge in [-0.1, -0.05) is 18.1 Å². The Balaban J connectivity index is 2.76. The Morgan fingerprint density at radius 1 is 1.25 bits per heavy atom. The summed E-state index contributed by atoms with van der Waals surface area (Å²) in [5.41, 5.74) is 2.41. The molecular weight excluding hydrogens is 164 g/mol. The van der Waals surface area contributed by atoms with E-state index in [1.54, 1.807) is 0 Å². The van der Waals surface area contributed by atoms with Crippen LogP contribution in [0.1, 0.15) is 18.1 Å². The molecule has 1 rings (SSSR count). The summed E-state index contributed by atoms with van der Waals surface area (Å²) in [5.74, 6) is 6.78. The lowest BCUT2D eigenvalue weighted by Gasteiger charge is -1.96. The fourth-order valence-corrected chi connectivity index (χ4v) is 1.29. The van der Waals surface area contributed by atoms with Crippen molar-refractivity contribution in [1.29, 1.82) is 0 Å². The third-order valence-corrected chi connectivity index (χ3v) is 1.85. The quantitative estimate of drug-likeness (QED) is 0.519. The lowest BCUT2D eigenvalue weighted by atomic mass is 10.1. The zero-order chi connectivity index (χ0) is 8.81. The molecule has 0 spiro atoms. The molecule has 0 unspecified atom stereocenters. The number of hydrogen-bond donors (Lipinski definition) is 1. The van der Waals surface area contributed by atoms with E-state index in [-0.39, 0.29) is 0 Å². The maximum Gasteiger partial charge on any atom is 0.0245 e. The van der Waals surface area contributed by atoms with Crippen LogP contribution in [0.25, 0.3) is 0 Å². The summed E-state index contributed by atoms with van der Waals surface area (Å²) in [6.45, 7) is 1.85. The first-order valence-electron chi connectivity index (χ1n) is 3.99. The van der Waals surface area contributed by atoms with Crippen molar-refractivity contribution in [3.8, 4) is 11.8 Å². The molecule has 0 amide bonds. The second kappa shape index (κ2) is 4.90. The second-order valence-corrected chi connectivity index (χ2v) is 2.99. The summed E-state index contributed by atoms with van der Waals surface area (Å²) < 4.78 is 0. The van der Waals surface area contributed by atoms with Gasteiger partial charge in [0.05, 0.1) is 0 Å². The Labute approximate surface area is 79.4 Å². The molecule has 1 heteroatoms. The van der Waals surface area contributed by atoms with Gasteiger partial charge in [0.2, 0.25) is 0 Å². The molecule has 0 aliphatic carbocycles. The van der Waals surface area contributed by atoms with E-state index in [0.717, 1.165) is 17.7 Å². The van der Waals surface area contributed by atoms with Crippen LogP contribution in [-0.2, 0) is 6.42 Å². The minimum atomic E-state index is 0.902. The summed E-state index contributed by atoms with van der Waals surface area (Å²) in [6, 6.07) is 8.32. The maximum atomic E-state index is 4.17. The molecule has 0 heterocycles. The fraction of sp³-hybridized carbons (Fsp3) is 0.273. The standard InChI is InChI=1S/C11H12S/c1-2-3-10-4-6-11(7-5-10)8-9-12/h4-7,12H,8-9H2,1H3. The molecule has 0 nitrogen and oxygen atoms in total. The zero-order valence-corrected chi connectivity index (χ0v) is 8.07. The monoisotopic (exact) mass is 176 g/mol. The molecule has 0 aliphatic heterocycles. The van der Waals surface area contributed by atoms with Crippen LogP contribution in [0.15, 0.2) is 24.3 Å². The van der Waals surface area contributed by atoms with E-state index in [0.29, 0.717) is 0 Å². The van der Waals surface area contributed by atoms with Gasteiger partial charge in [0, 0.05) is 5.56 Å². The molecule has 0 bridgehead atoms. The van der Waals surface area contributed by atoms with E-state index in [1.165, 1.54) is 5.56 Å². The number of benzene rings is 1. The highest BCUT2D eigenvalue weighted by molar-refractivity contribution is 7.80.